The third-order valence-electron chi connectivity index (χ3n) is 3.79. The lowest BCUT2D eigenvalue weighted by Gasteiger charge is -2.36. The predicted octanol–water partition coefficient (Wildman–Crippen LogP) is 1.29. The summed E-state index contributed by atoms with van der Waals surface area (Å²) in [4.78, 5) is 14.6. The summed E-state index contributed by atoms with van der Waals surface area (Å²) in [6, 6.07) is 0. The van der Waals surface area contributed by atoms with Crippen molar-refractivity contribution in [3.05, 3.63) is 0 Å². The zero-order chi connectivity index (χ0) is 14.5. The molecule has 0 spiro atoms. The summed E-state index contributed by atoms with van der Waals surface area (Å²) in [6.45, 7) is 7.59. The van der Waals surface area contributed by atoms with Crippen LogP contribution in [0.5, 0.6) is 0 Å². The Morgan fingerprint density at radius 3 is 2.24 bits per heavy atom. The second-order valence-corrected chi connectivity index (χ2v) is 6.68. The zero-order valence-electron chi connectivity index (χ0n) is 13.6. The molecule has 1 saturated heterocycles. The van der Waals surface area contributed by atoms with Crippen molar-refractivity contribution in [3.8, 4) is 0 Å². The van der Waals surface area contributed by atoms with E-state index < -0.39 is 5.41 Å². The molecule has 1 heterocycles. The van der Waals surface area contributed by atoms with E-state index in [9.17, 15) is 4.79 Å². The van der Waals surface area contributed by atoms with Crippen molar-refractivity contribution in [2.24, 2.45) is 16.6 Å². The van der Waals surface area contributed by atoms with E-state index in [4.69, 9.17) is 10.5 Å². The van der Waals surface area contributed by atoms with Gasteiger partial charge in [-0.1, -0.05) is 13.8 Å². The summed E-state index contributed by atoms with van der Waals surface area (Å²) in [5, 5.41) is 3.09. The van der Waals surface area contributed by atoms with Crippen molar-refractivity contribution in [1.82, 2.24) is 10.2 Å². The van der Waals surface area contributed by atoms with Crippen LogP contribution >= 0.6 is 24.8 Å². The lowest BCUT2D eigenvalue weighted by Crippen LogP contribution is -2.51. The third kappa shape index (κ3) is 7.15. The van der Waals surface area contributed by atoms with Gasteiger partial charge in [-0.2, -0.15) is 0 Å². The van der Waals surface area contributed by atoms with Crippen LogP contribution in [0.2, 0.25) is 0 Å². The number of hydrogen-bond donors (Lipinski definition) is 2. The molecule has 0 aromatic rings. The van der Waals surface area contributed by atoms with Crippen LogP contribution in [0.3, 0.4) is 0 Å². The Labute approximate surface area is 141 Å². The van der Waals surface area contributed by atoms with Gasteiger partial charge in [-0.15, -0.1) is 24.8 Å². The Morgan fingerprint density at radius 2 is 1.81 bits per heavy atom. The van der Waals surface area contributed by atoms with Crippen LogP contribution in [-0.4, -0.2) is 57.8 Å². The minimum Gasteiger partial charge on any atom is -0.381 e. The molecule has 1 fully saturated rings. The normalized spacial score (nSPS) is 17.6. The van der Waals surface area contributed by atoms with Crippen molar-refractivity contribution in [3.63, 3.8) is 0 Å². The number of nitrogens with zero attached hydrogens (tertiary/aromatic N) is 1. The molecule has 0 saturated carbocycles. The van der Waals surface area contributed by atoms with E-state index >= 15 is 0 Å². The highest BCUT2D eigenvalue weighted by molar-refractivity contribution is 5.85. The minimum atomic E-state index is -0.424. The number of amides is 1. The number of carbonyl (C=O) groups is 1. The fraction of sp³-hybridized carbons (Fsp3) is 0.929. The van der Waals surface area contributed by atoms with Crippen molar-refractivity contribution in [2.75, 3.05) is 46.9 Å². The van der Waals surface area contributed by atoms with E-state index in [2.05, 4.69) is 24.1 Å². The molecule has 5 nitrogen and oxygen atoms in total. The quantitative estimate of drug-likeness (QED) is 0.762. The molecule has 0 unspecified atom stereocenters. The van der Waals surface area contributed by atoms with Gasteiger partial charge in [0, 0.05) is 32.8 Å². The lowest BCUT2D eigenvalue weighted by molar-refractivity contribution is -0.136. The van der Waals surface area contributed by atoms with Crippen molar-refractivity contribution in [2.45, 2.75) is 26.7 Å². The first-order valence-electron chi connectivity index (χ1n) is 7.02. The molecule has 3 N–H and O–H groups in total. The van der Waals surface area contributed by atoms with E-state index in [1.807, 2.05) is 14.1 Å². The van der Waals surface area contributed by atoms with Gasteiger partial charge < -0.3 is 20.7 Å². The van der Waals surface area contributed by atoms with Gasteiger partial charge in [-0.05, 0) is 32.4 Å². The van der Waals surface area contributed by atoms with Gasteiger partial charge >= 0.3 is 0 Å². The van der Waals surface area contributed by atoms with Gasteiger partial charge in [-0.25, -0.2) is 0 Å². The second kappa shape index (κ2) is 9.85. The van der Waals surface area contributed by atoms with Gasteiger partial charge in [0.15, 0.2) is 0 Å². The van der Waals surface area contributed by atoms with E-state index in [1.54, 1.807) is 0 Å². The first-order chi connectivity index (χ1) is 8.81. The average Bonchev–Trinajstić information content (AvgIpc) is 2.35. The number of hydrogen-bond acceptors (Lipinski definition) is 4. The summed E-state index contributed by atoms with van der Waals surface area (Å²) >= 11 is 0. The maximum absolute atomic E-state index is 12.4. The molecule has 0 aromatic heterocycles. The minimum absolute atomic E-state index is 0. The number of halogens is 2. The molecule has 0 aromatic carbocycles. The monoisotopic (exact) mass is 343 g/mol. The molecule has 0 atom stereocenters. The number of ether oxygens (including phenoxy) is 1. The van der Waals surface area contributed by atoms with Crippen LogP contribution in [0.4, 0.5) is 0 Å². The van der Waals surface area contributed by atoms with Crippen LogP contribution in [0, 0.1) is 10.8 Å². The Bertz CT molecular complexity index is 307. The summed E-state index contributed by atoms with van der Waals surface area (Å²) in [7, 11) is 4.09. The van der Waals surface area contributed by atoms with Crippen molar-refractivity contribution < 1.29 is 9.53 Å². The fourth-order valence-corrected chi connectivity index (χ4v) is 2.71. The van der Waals surface area contributed by atoms with E-state index in [0.717, 1.165) is 19.4 Å². The SMILES string of the molecule is CN(C)CC(C)(C)CNC(=O)C1(CN)CCOCC1.Cl.Cl. The van der Waals surface area contributed by atoms with Crippen LogP contribution < -0.4 is 11.1 Å². The van der Waals surface area contributed by atoms with Crippen molar-refractivity contribution in [1.29, 1.82) is 0 Å². The van der Waals surface area contributed by atoms with Crippen LogP contribution in [0.25, 0.3) is 0 Å². The summed E-state index contributed by atoms with van der Waals surface area (Å²) in [6.07, 6.45) is 1.45. The predicted molar refractivity (Wildman–Crippen MR) is 91.4 cm³/mol. The summed E-state index contributed by atoms with van der Waals surface area (Å²) < 4.78 is 5.33. The van der Waals surface area contributed by atoms with Gasteiger partial charge in [0.1, 0.15) is 0 Å². The topological polar surface area (TPSA) is 67.6 Å². The number of nitrogens with one attached hydrogen (secondary N) is 1. The van der Waals surface area contributed by atoms with E-state index in [1.165, 1.54) is 0 Å². The molecule has 0 radical (unpaired) electrons. The number of nitrogens with two attached hydrogens (primary N) is 1. The Balaban J connectivity index is 0. The van der Waals surface area contributed by atoms with Crippen molar-refractivity contribution >= 4 is 30.7 Å². The molecule has 1 rings (SSSR count). The molecule has 0 aliphatic carbocycles. The Morgan fingerprint density at radius 1 is 1.29 bits per heavy atom. The van der Waals surface area contributed by atoms with Gasteiger partial charge in [0.05, 0.1) is 5.41 Å². The molecule has 1 aliphatic heterocycles. The fourth-order valence-electron chi connectivity index (χ4n) is 2.71. The highest BCUT2D eigenvalue weighted by Gasteiger charge is 2.39. The van der Waals surface area contributed by atoms with Crippen LogP contribution in [0.15, 0.2) is 0 Å². The molecule has 128 valence electrons. The lowest BCUT2D eigenvalue weighted by atomic mass is 9.79. The standard InChI is InChI=1S/C14H29N3O2.2ClH/c1-13(2,11-17(3)4)10-16-12(18)14(9-15)5-7-19-8-6-14;;/h5-11,15H2,1-4H3,(H,16,18);2*1H. The van der Waals surface area contributed by atoms with Gasteiger partial charge in [0.25, 0.3) is 0 Å². The number of carbonyl (C=O) groups excluding carboxylic acids is 1. The highest BCUT2D eigenvalue weighted by Crippen LogP contribution is 2.29. The van der Waals surface area contributed by atoms with Crippen LogP contribution in [-0.2, 0) is 9.53 Å². The van der Waals surface area contributed by atoms with Gasteiger partial charge in [0.2, 0.25) is 5.91 Å². The maximum Gasteiger partial charge on any atom is 0.227 e. The molecular formula is C14H31Cl2N3O2. The molecule has 1 aliphatic rings. The summed E-state index contributed by atoms with van der Waals surface area (Å²) in [5.74, 6) is 0.0881. The highest BCUT2D eigenvalue weighted by atomic mass is 35.5. The Hall–Kier alpha value is -0.0700. The second-order valence-electron chi connectivity index (χ2n) is 6.68. The van der Waals surface area contributed by atoms with Crippen LogP contribution in [0.1, 0.15) is 26.7 Å². The van der Waals surface area contributed by atoms with Gasteiger partial charge in [-0.3, -0.25) is 4.79 Å². The van der Waals surface area contributed by atoms with E-state index in [-0.39, 0.29) is 36.1 Å². The first-order valence-corrected chi connectivity index (χ1v) is 7.02. The maximum atomic E-state index is 12.4. The largest absolute Gasteiger partial charge is 0.381 e. The average molecular weight is 344 g/mol. The van der Waals surface area contributed by atoms with E-state index in [0.29, 0.717) is 26.3 Å². The number of rotatable bonds is 6. The molecule has 0 bridgehead atoms. The molecular weight excluding hydrogens is 313 g/mol. The molecule has 21 heavy (non-hydrogen) atoms. The smallest absolute Gasteiger partial charge is 0.227 e. The Kier molecular flexibility index (Phi) is 10.9. The molecule has 1 amide bonds. The molecule has 7 heteroatoms. The summed E-state index contributed by atoms with van der Waals surface area (Å²) in [5.41, 5.74) is 5.47. The zero-order valence-corrected chi connectivity index (χ0v) is 15.2. The third-order valence-corrected chi connectivity index (χ3v) is 3.79. The first kappa shape index (κ1) is 23.2.